The van der Waals surface area contributed by atoms with Gasteiger partial charge in [0.25, 0.3) is 0 Å². The molecular weight excluding hydrogens is 534 g/mol. The zero-order valence-electron chi connectivity index (χ0n) is 23.7. The predicted molar refractivity (Wildman–Crippen MR) is 151 cm³/mol. The Balaban J connectivity index is 0.000000149. The van der Waals surface area contributed by atoms with Crippen LogP contribution in [0.5, 0.6) is 0 Å². The number of halogens is 1. The molecule has 11 heteroatoms. The highest BCUT2D eigenvalue weighted by Crippen LogP contribution is 2.37. The number of hydrogen-bond acceptors (Lipinski definition) is 6. The molecular formula is C26H43B2BrN4O4. The summed E-state index contributed by atoms with van der Waals surface area (Å²) in [4.78, 5) is 0. The van der Waals surface area contributed by atoms with Gasteiger partial charge in [-0.05, 0) is 92.9 Å². The molecule has 2 aliphatic heterocycles. The molecule has 4 heterocycles. The second kappa shape index (κ2) is 10.8. The second-order valence-corrected chi connectivity index (χ2v) is 13.4. The van der Waals surface area contributed by atoms with Gasteiger partial charge in [-0.2, -0.15) is 10.2 Å². The van der Waals surface area contributed by atoms with E-state index in [4.69, 9.17) is 18.6 Å². The first-order valence-electron chi connectivity index (χ1n) is 13.5. The van der Waals surface area contributed by atoms with Gasteiger partial charge in [-0.1, -0.05) is 15.9 Å². The summed E-state index contributed by atoms with van der Waals surface area (Å²) in [6.07, 6.45) is 13.0. The fourth-order valence-corrected chi connectivity index (χ4v) is 4.43. The molecule has 0 amide bonds. The van der Waals surface area contributed by atoms with Crippen LogP contribution in [0.4, 0.5) is 0 Å². The van der Waals surface area contributed by atoms with Gasteiger partial charge in [-0.25, -0.2) is 0 Å². The molecule has 0 atom stereocenters. The summed E-state index contributed by atoms with van der Waals surface area (Å²) >= 11 is 3.38. The Morgan fingerprint density at radius 2 is 1.30 bits per heavy atom. The number of hydrogen-bond donors (Lipinski definition) is 1. The molecule has 2 saturated carbocycles. The van der Waals surface area contributed by atoms with Crippen molar-refractivity contribution in [2.24, 2.45) is 11.8 Å². The molecule has 0 aromatic carbocycles. The van der Waals surface area contributed by atoms with Crippen molar-refractivity contribution in [2.45, 2.75) is 110 Å². The van der Waals surface area contributed by atoms with Crippen molar-refractivity contribution >= 4 is 41.1 Å². The molecule has 4 fully saturated rings. The smallest absolute Gasteiger partial charge is 0.399 e. The van der Waals surface area contributed by atoms with E-state index < -0.39 is 0 Å². The van der Waals surface area contributed by atoms with E-state index in [1.165, 1.54) is 31.0 Å². The second-order valence-electron chi connectivity index (χ2n) is 12.7. The average molecular weight is 577 g/mol. The van der Waals surface area contributed by atoms with Crippen LogP contribution in [0.3, 0.4) is 0 Å². The molecule has 0 bridgehead atoms. The minimum atomic E-state index is -0.307. The van der Waals surface area contributed by atoms with Gasteiger partial charge >= 0.3 is 14.2 Å². The maximum atomic E-state index is 6.01. The third kappa shape index (κ3) is 7.09. The van der Waals surface area contributed by atoms with Crippen LogP contribution in [0.2, 0.25) is 0 Å². The molecule has 204 valence electrons. The fraction of sp³-hybridized carbons (Fsp3) is 0.769. The molecule has 0 unspecified atom stereocenters. The Hall–Kier alpha value is -1.13. The lowest BCUT2D eigenvalue weighted by Gasteiger charge is -2.32. The lowest BCUT2D eigenvalue weighted by atomic mass is 9.82. The number of alkyl halides is 1. The van der Waals surface area contributed by atoms with Crippen molar-refractivity contribution in [1.82, 2.24) is 20.0 Å². The van der Waals surface area contributed by atoms with Crippen molar-refractivity contribution < 1.29 is 18.6 Å². The predicted octanol–water partition coefficient (Wildman–Crippen LogP) is 4.09. The molecule has 0 radical (unpaired) electrons. The van der Waals surface area contributed by atoms with Crippen molar-refractivity contribution in [1.29, 1.82) is 0 Å². The summed E-state index contributed by atoms with van der Waals surface area (Å²) < 4.78 is 25.7. The Kier molecular flexibility index (Phi) is 8.42. The van der Waals surface area contributed by atoms with Crippen LogP contribution in [-0.2, 0) is 25.2 Å². The number of aromatic nitrogens is 4. The van der Waals surface area contributed by atoms with Crippen molar-refractivity contribution in [2.75, 3.05) is 5.33 Å². The quantitative estimate of drug-likeness (QED) is 0.426. The van der Waals surface area contributed by atoms with Gasteiger partial charge < -0.3 is 18.6 Å². The van der Waals surface area contributed by atoms with Crippen molar-refractivity contribution in [3.63, 3.8) is 0 Å². The number of H-pyrrole nitrogens is 1. The lowest BCUT2D eigenvalue weighted by Crippen LogP contribution is -2.41. The zero-order valence-corrected chi connectivity index (χ0v) is 25.3. The molecule has 2 aromatic heterocycles. The van der Waals surface area contributed by atoms with Crippen LogP contribution in [0, 0.1) is 11.8 Å². The van der Waals surface area contributed by atoms with Gasteiger partial charge in [0.05, 0.1) is 22.4 Å². The maximum absolute atomic E-state index is 6.01. The van der Waals surface area contributed by atoms with Crippen LogP contribution in [0.25, 0.3) is 0 Å². The van der Waals surface area contributed by atoms with E-state index in [1.807, 2.05) is 38.6 Å². The van der Waals surface area contributed by atoms with Gasteiger partial charge in [0, 0.05) is 47.6 Å². The Morgan fingerprint density at radius 3 is 1.68 bits per heavy atom. The van der Waals surface area contributed by atoms with Crippen molar-refractivity contribution in [3.05, 3.63) is 24.8 Å². The van der Waals surface area contributed by atoms with Crippen LogP contribution in [0.15, 0.2) is 24.8 Å². The first-order chi connectivity index (χ1) is 17.2. The first-order valence-corrected chi connectivity index (χ1v) is 14.6. The largest absolute Gasteiger partial charge is 0.498 e. The van der Waals surface area contributed by atoms with E-state index in [9.17, 15) is 0 Å². The summed E-state index contributed by atoms with van der Waals surface area (Å²) in [5, 5.41) is 12.3. The summed E-state index contributed by atoms with van der Waals surface area (Å²) in [6.45, 7) is 17.5. The molecule has 0 spiro atoms. The Morgan fingerprint density at radius 1 is 0.811 bits per heavy atom. The number of rotatable bonds is 5. The molecule has 4 aliphatic rings. The van der Waals surface area contributed by atoms with Crippen LogP contribution in [0.1, 0.15) is 81.1 Å². The molecule has 6 rings (SSSR count). The Bertz CT molecular complexity index is 988. The van der Waals surface area contributed by atoms with E-state index in [0.717, 1.165) is 29.3 Å². The van der Waals surface area contributed by atoms with E-state index in [0.29, 0.717) is 0 Å². The normalized spacial score (nSPS) is 24.8. The third-order valence-electron chi connectivity index (χ3n) is 8.28. The zero-order chi connectivity index (χ0) is 27.1. The van der Waals surface area contributed by atoms with E-state index >= 15 is 0 Å². The minimum Gasteiger partial charge on any atom is -0.399 e. The van der Waals surface area contributed by atoms with Gasteiger partial charge in [0.1, 0.15) is 0 Å². The number of nitrogens with zero attached hydrogens (tertiary/aromatic N) is 3. The summed E-state index contributed by atoms with van der Waals surface area (Å²) in [5.74, 6) is 1.88. The summed E-state index contributed by atoms with van der Waals surface area (Å²) in [7, 11) is -0.596. The highest BCUT2D eigenvalue weighted by atomic mass is 79.9. The third-order valence-corrected chi connectivity index (χ3v) is 9.20. The van der Waals surface area contributed by atoms with Crippen molar-refractivity contribution in [3.8, 4) is 0 Å². The van der Waals surface area contributed by atoms with E-state index in [1.54, 1.807) is 12.4 Å². The van der Waals surface area contributed by atoms with Crippen LogP contribution < -0.4 is 10.9 Å². The number of nitrogens with one attached hydrogen (secondary N) is 1. The number of aromatic amines is 1. The summed E-state index contributed by atoms with van der Waals surface area (Å²) in [5.41, 5.74) is 0.828. The highest BCUT2D eigenvalue weighted by molar-refractivity contribution is 9.09. The molecule has 8 nitrogen and oxygen atoms in total. The van der Waals surface area contributed by atoms with Crippen LogP contribution in [-0.4, -0.2) is 61.9 Å². The maximum Gasteiger partial charge on any atom is 0.498 e. The summed E-state index contributed by atoms with van der Waals surface area (Å²) in [6, 6.07) is 0. The van der Waals surface area contributed by atoms with E-state index in [2.05, 4.69) is 65.1 Å². The molecule has 2 aromatic rings. The topological polar surface area (TPSA) is 83.4 Å². The SMILES string of the molecule is BrCC1CC1.CC1(C)OB(c2cn[nH]c2)OC1(C)C.CC1(C)OB(c2cnn(CC3CC3)c2)OC1(C)C. The van der Waals surface area contributed by atoms with Crippen LogP contribution >= 0.6 is 15.9 Å². The van der Waals surface area contributed by atoms with Gasteiger partial charge in [0.15, 0.2) is 0 Å². The van der Waals surface area contributed by atoms with E-state index in [-0.39, 0.29) is 36.6 Å². The highest BCUT2D eigenvalue weighted by Gasteiger charge is 2.53. The molecule has 1 N–H and O–H groups in total. The minimum absolute atomic E-state index is 0.281. The lowest BCUT2D eigenvalue weighted by molar-refractivity contribution is 0.00578. The standard InChI is InChI=1S/C13H21BN2O2.C9H15BN2O2.C4H7Br/c1-12(2)13(3,4)18-14(17-12)11-7-15-16(9-11)8-10-5-6-10;1-8(2)9(3,4)14-10(13-8)7-5-11-12-6-7;5-3-4-1-2-4/h7,9-10H,5-6,8H2,1-4H3;5-6H,1-4H3,(H,11,12);4H,1-3H2. The van der Waals surface area contributed by atoms with Gasteiger partial charge in [-0.15, -0.1) is 0 Å². The van der Waals surface area contributed by atoms with Gasteiger partial charge in [-0.3, -0.25) is 9.78 Å². The molecule has 37 heavy (non-hydrogen) atoms. The first kappa shape index (κ1) is 28.9. The van der Waals surface area contributed by atoms with Gasteiger partial charge in [0.2, 0.25) is 0 Å². The average Bonchev–Trinajstić information content (AvgIpc) is 3.64. The molecule has 2 saturated heterocycles. The fourth-order valence-electron chi connectivity index (χ4n) is 3.79. The monoisotopic (exact) mass is 576 g/mol. The molecule has 2 aliphatic carbocycles. The Labute approximate surface area is 231 Å².